The predicted octanol–water partition coefficient (Wildman–Crippen LogP) is 4.74. The zero-order chi connectivity index (χ0) is 18.2. The number of nitriles is 1. The summed E-state index contributed by atoms with van der Waals surface area (Å²) in [5.41, 5.74) is 0.758. The van der Waals surface area contributed by atoms with Gasteiger partial charge in [0, 0.05) is 10.5 Å². The molecule has 128 valence electrons. The van der Waals surface area contributed by atoms with Crippen LogP contribution in [0.15, 0.2) is 51.4 Å². The lowest BCUT2D eigenvalue weighted by atomic mass is 10.2. The zero-order valence-electron chi connectivity index (χ0n) is 13.2. The smallest absolute Gasteiger partial charge is 0.349 e. The van der Waals surface area contributed by atoms with Crippen molar-refractivity contribution >= 4 is 43.9 Å². The maximum Gasteiger partial charge on any atom is 0.349 e. The van der Waals surface area contributed by atoms with Gasteiger partial charge in [-0.2, -0.15) is 5.26 Å². The number of nitrogens with zero attached hydrogens (tertiary/aromatic N) is 1. The molecule has 0 amide bonds. The number of esters is 1. The van der Waals surface area contributed by atoms with Crippen molar-refractivity contribution in [1.29, 1.82) is 5.26 Å². The summed E-state index contributed by atoms with van der Waals surface area (Å²) in [5, 5.41) is 8.56. The third kappa shape index (κ3) is 5.62. The number of hydrogen-bond acceptors (Lipinski definition) is 5. The third-order valence-corrected chi connectivity index (χ3v) is 4.11. The Balaban J connectivity index is 2.02. The normalized spacial score (nSPS) is 10.3. The molecule has 0 saturated heterocycles. The quantitative estimate of drug-likeness (QED) is 0.349. The number of ether oxygens (including phenoxy) is 3. The van der Waals surface area contributed by atoms with Gasteiger partial charge < -0.3 is 14.2 Å². The molecule has 2 rings (SSSR count). The van der Waals surface area contributed by atoms with Crippen LogP contribution in [0.4, 0.5) is 0 Å². The first-order valence-corrected chi connectivity index (χ1v) is 8.65. The minimum Gasteiger partial charge on any atom is -0.493 e. The van der Waals surface area contributed by atoms with Crippen LogP contribution in [0.1, 0.15) is 5.56 Å². The number of carbonyl (C=O) groups is 1. The van der Waals surface area contributed by atoms with Crippen molar-refractivity contribution in [2.75, 3.05) is 13.7 Å². The molecular formula is C18H13Br2NO4. The highest BCUT2D eigenvalue weighted by atomic mass is 79.9. The Hall–Kier alpha value is -2.30. The second-order valence-electron chi connectivity index (χ2n) is 4.71. The van der Waals surface area contributed by atoms with Gasteiger partial charge in [0.25, 0.3) is 0 Å². The fourth-order valence-corrected chi connectivity index (χ4v) is 3.05. The Morgan fingerprint density at radius 3 is 2.60 bits per heavy atom. The summed E-state index contributed by atoms with van der Waals surface area (Å²) in [4.78, 5) is 12.0. The first kappa shape index (κ1) is 19.0. The maximum atomic E-state index is 12.0. The lowest BCUT2D eigenvalue weighted by molar-refractivity contribution is -0.136. The van der Waals surface area contributed by atoms with Crippen LogP contribution in [-0.4, -0.2) is 19.7 Å². The number of hydrogen-bond donors (Lipinski definition) is 0. The molecule has 0 aliphatic heterocycles. The lowest BCUT2D eigenvalue weighted by Gasteiger charge is -2.11. The van der Waals surface area contributed by atoms with Crippen LogP contribution in [0.5, 0.6) is 17.2 Å². The Morgan fingerprint density at radius 1 is 1.16 bits per heavy atom. The van der Waals surface area contributed by atoms with E-state index >= 15 is 0 Å². The Bertz CT molecular complexity index is 843. The average molecular weight is 467 g/mol. The molecule has 0 aliphatic rings. The molecule has 2 aromatic carbocycles. The van der Waals surface area contributed by atoms with Crippen LogP contribution in [0.25, 0.3) is 6.08 Å². The minimum atomic E-state index is -0.562. The monoisotopic (exact) mass is 465 g/mol. The fourth-order valence-electron chi connectivity index (χ4n) is 1.89. The first-order valence-electron chi connectivity index (χ1n) is 7.06. The molecule has 2 aromatic rings. The van der Waals surface area contributed by atoms with Crippen LogP contribution in [-0.2, 0) is 4.79 Å². The second-order valence-corrected chi connectivity index (χ2v) is 6.48. The predicted molar refractivity (Wildman–Crippen MR) is 101 cm³/mol. The van der Waals surface area contributed by atoms with Gasteiger partial charge in [0.05, 0.1) is 17.7 Å². The molecule has 0 bridgehead atoms. The van der Waals surface area contributed by atoms with Crippen LogP contribution in [0, 0.1) is 11.3 Å². The lowest BCUT2D eigenvalue weighted by Crippen LogP contribution is -2.18. The standard InChI is InChI=1S/C18H13Br2NO4/c1-23-17-9-12(3-2-8-21)4-6-16(17)25-18(22)11-24-15-7-5-13(19)10-14(15)20/h2-7,9-10H,11H2,1H3/b3-2-. The third-order valence-electron chi connectivity index (χ3n) is 3.00. The van der Waals surface area contributed by atoms with Crippen molar-refractivity contribution in [3.8, 4) is 23.3 Å². The van der Waals surface area contributed by atoms with Crippen molar-refractivity contribution in [2.45, 2.75) is 0 Å². The van der Waals surface area contributed by atoms with E-state index in [4.69, 9.17) is 19.5 Å². The maximum absolute atomic E-state index is 12.0. The van der Waals surface area contributed by atoms with E-state index in [0.717, 1.165) is 14.5 Å². The molecule has 0 saturated carbocycles. The fraction of sp³-hybridized carbons (Fsp3) is 0.111. The van der Waals surface area contributed by atoms with Crippen molar-refractivity contribution in [3.63, 3.8) is 0 Å². The van der Waals surface area contributed by atoms with Crippen LogP contribution in [0.2, 0.25) is 0 Å². The van der Waals surface area contributed by atoms with E-state index in [1.165, 1.54) is 13.2 Å². The van der Waals surface area contributed by atoms with Gasteiger partial charge in [-0.25, -0.2) is 4.79 Å². The summed E-state index contributed by atoms with van der Waals surface area (Å²) < 4.78 is 17.6. The topological polar surface area (TPSA) is 68.5 Å². The van der Waals surface area contributed by atoms with E-state index in [2.05, 4.69) is 31.9 Å². The summed E-state index contributed by atoms with van der Waals surface area (Å²) in [6, 6.07) is 12.3. The van der Waals surface area contributed by atoms with E-state index in [0.29, 0.717) is 11.5 Å². The van der Waals surface area contributed by atoms with Crippen molar-refractivity contribution < 1.29 is 19.0 Å². The molecule has 0 atom stereocenters. The molecule has 0 N–H and O–H groups in total. The highest BCUT2D eigenvalue weighted by Crippen LogP contribution is 2.30. The SMILES string of the molecule is COc1cc(/C=C\C#N)ccc1OC(=O)COc1ccc(Br)cc1Br. The van der Waals surface area contributed by atoms with Gasteiger partial charge in [-0.15, -0.1) is 0 Å². The number of carbonyl (C=O) groups excluding carboxylic acids is 1. The van der Waals surface area contributed by atoms with Gasteiger partial charge >= 0.3 is 5.97 Å². The summed E-state index contributed by atoms with van der Waals surface area (Å²) >= 11 is 6.70. The molecule has 0 fully saturated rings. The molecule has 0 aliphatic carbocycles. The van der Waals surface area contributed by atoms with Gasteiger partial charge in [0.1, 0.15) is 5.75 Å². The second kappa shape index (κ2) is 9.25. The first-order chi connectivity index (χ1) is 12.0. The van der Waals surface area contributed by atoms with Crippen molar-refractivity contribution in [2.24, 2.45) is 0 Å². The molecule has 0 unspecified atom stereocenters. The summed E-state index contributed by atoms with van der Waals surface area (Å²) in [6.45, 7) is -0.251. The number of benzene rings is 2. The molecule has 0 radical (unpaired) electrons. The zero-order valence-corrected chi connectivity index (χ0v) is 16.3. The summed E-state index contributed by atoms with van der Waals surface area (Å²) in [5.74, 6) is 0.635. The summed E-state index contributed by atoms with van der Waals surface area (Å²) in [7, 11) is 1.47. The van der Waals surface area contributed by atoms with E-state index in [1.807, 2.05) is 18.2 Å². The molecular weight excluding hydrogens is 454 g/mol. The molecule has 0 heterocycles. The highest BCUT2D eigenvalue weighted by molar-refractivity contribution is 9.11. The Morgan fingerprint density at radius 2 is 1.92 bits per heavy atom. The van der Waals surface area contributed by atoms with E-state index in [1.54, 1.807) is 30.3 Å². The summed E-state index contributed by atoms with van der Waals surface area (Å²) in [6.07, 6.45) is 2.98. The molecule has 0 spiro atoms. The largest absolute Gasteiger partial charge is 0.493 e. The number of rotatable bonds is 6. The van der Waals surface area contributed by atoms with Crippen LogP contribution >= 0.6 is 31.9 Å². The van der Waals surface area contributed by atoms with Crippen LogP contribution in [0.3, 0.4) is 0 Å². The molecule has 25 heavy (non-hydrogen) atoms. The van der Waals surface area contributed by atoms with Crippen molar-refractivity contribution in [3.05, 3.63) is 57.0 Å². The van der Waals surface area contributed by atoms with E-state index < -0.39 is 5.97 Å². The average Bonchev–Trinajstić information content (AvgIpc) is 2.60. The van der Waals surface area contributed by atoms with Crippen LogP contribution < -0.4 is 14.2 Å². The van der Waals surface area contributed by atoms with Gasteiger partial charge in [-0.1, -0.05) is 22.0 Å². The molecule has 5 nitrogen and oxygen atoms in total. The Kier molecular flexibility index (Phi) is 7.04. The molecule has 7 heteroatoms. The van der Waals surface area contributed by atoms with E-state index in [-0.39, 0.29) is 12.4 Å². The van der Waals surface area contributed by atoms with Gasteiger partial charge in [0.2, 0.25) is 0 Å². The number of allylic oxidation sites excluding steroid dienone is 1. The Labute approximate surface area is 162 Å². The highest BCUT2D eigenvalue weighted by Gasteiger charge is 2.12. The number of halogens is 2. The van der Waals surface area contributed by atoms with Crippen molar-refractivity contribution in [1.82, 2.24) is 0 Å². The number of methoxy groups -OCH3 is 1. The van der Waals surface area contributed by atoms with Gasteiger partial charge in [0.15, 0.2) is 18.1 Å². The van der Waals surface area contributed by atoms with Gasteiger partial charge in [-0.3, -0.25) is 0 Å². The minimum absolute atomic E-state index is 0.251. The molecule has 0 aromatic heterocycles. The van der Waals surface area contributed by atoms with Gasteiger partial charge in [-0.05, 0) is 57.9 Å². The van der Waals surface area contributed by atoms with E-state index in [9.17, 15) is 4.79 Å².